The van der Waals surface area contributed by atoms with E-state index in [0.717, 1.165) is 28.6 Å². The van der Waals surface area contributed by atoms with E-state index < -0.39 is 0 Å². The molecule has 2 aromatic carbocycles. The Morgan fingerprint density at radius 1 is 1.07 bits per heavy atom. The van der Waals surface area contributed by atoms with Gasteiger partial charge in [-0.25, -0.2) is 4.98 Å². The van der Waals surface area contributed by atoms with Crippen molar-refractivity contribution < 1.29 is 9.59 Å². The molecule has 0 atom stereocenters. The molecule has 0 aliphatic carbocycles. The Labute approximate surface area is 169 Å². The van der Waals surface area contributed by atoms with Crippen molar-refractivity contribution in [3.8, 4) is 0 Å². The summed E-state index contributed by atoms with van der Waals surface area (Å²) in [5, 5.41) is 7.52. The van der Waals surface area contributed by atoms with E-state index in [0.29, 0.717) is 30.9 Å². The van der Waals surface area contributed by atoms with Gasteiger partial charge in [-0.15, -0.1) is 11.3 Å². The van der Waals surface area contributed by atoms with Gasteiger partial charge in [-0.05, 0) is 35.7 Å². The molecule has 0 radical (unpaired) electrons. The molecule has 3 aromatic rings. The largest absolute Gasteiger partial charge is 0.351 e. The van der Waals surface area contributed by atoms with Crippen LogP contribution in [0.2, 0.25) is 0 Å². The molecule has 2 amide bonds. The third-order valence-electron chi connectivity index (χ3n) is 4.42. The molecule has 0 fully saturated rings. The summed E-state index contributed by atoms with van der Waals surface area (Å²) in [5.74, 6) is -0.174. The molecule has 6 heteroatoms. The molecule has 0 spiro atoms. The summed E-state index contributed by atoms with van der Waals surface area (Å²) in [6, 6.07) is 13.8. The molecule has 0 saturated carbocycles. The van der Waals surface area contributed by atoms with Crippen LogP contribution in [0.1, 0.15) is 52.5 Å². The van der Waals surface area contributed by atoms with Gasteiger partial charge in [-0.1, -0.05) is 44.2 Å². The third-order valence-corrected chi connectivity index (χ3v) is 5.26. The fraction of sp³-hybridized carbons (Fsp3) is 0.318. The van der Waals surface area contributed by atoms with Gasteiger partial charge in [0.1, 0.15) is 10.7 Å². The van der Waals surface area contributed by atoms with Crippen LogP contribution in [0.15, 0.2) is 47.8 Å². The van der Waals surface area contributed by atoms with Crippen LogP contribution < -0.4 is 5.32 Å². The van der Waals surface area contributed by atoms with Gasteiger partial charge in [-0.3, -0.25) is 9.59 Å². The van der Waals surface area contributed by atoms with Gasteiger partial charge in [0.25, 0.3) is 11.8 Å². The third kappa shape index (κ3) is 4.75. The molecule has 0 aliphatic rings. The van der Waals surface area contributed by atoms with E-state index in [1.807, 2.05) is 56.3 Å². The van der Waals surface area contributed by atoms with Crippen LogP contribution in [0.25, 0.3) is 10.8 Å². The minimum absolute atomic E-state index is 0.0141. The summed E-state index contributed by atoms with van der Waals surface area (Å²) >= 11 is 1.41. The number of nitrogens with one attached hydrogen (secondary N) is 1. The summed E-state index contributed by atoms with van der Waals surface area (Å²) in [6.07, 6.45) is 1.74. The molecular formula is C22H25N3O2S. The highest BCUT2D eigenvalue weighted by atomic mass is 32.1. The number of thiazole rings is 1. The molecule has 1 aromatic heterocycles. The number of benzene rings is 2. The van der Waals surface area contributed by atoms with E-state index in [1.54, 1.807) is 10.3 Å². The molecular weight excluding hydrogens is 370 g/mol. The lowest BCUT2D eigenvalue weighted by Crippen LogP contribution is -2.31. The number of aromatic nitrogens is 1. The minimum atomic E-state index is -0.160. The van der Waals surface area contributed by atoms with Crippen LogP contribution in [0.3, 0.4) is 0 Å². The SMILES string of the molecule is CCCNC(=O)c1csc(CN(CCC)C(=O)c2ccc3ccccc3c2)n1. The first kappa shape index (κ1) is 20.0. The lowest BCUT2D eigenvalue weighted by atomic mass is 10.1. The van der Waals surface area contributed by atoms with Crippen LogP contribution in [-0.2, 0) is 6.54 Å². The Bertz CT molecular complexity index is 967. The highest BCUT2D eigenvalue weighted by Gasteiger charge is 2.18. The zero-order valence-electron chi connectivity index (χ0n) is 16.3. The Morgan fingerprint density at radius 3 is 2.61 bits per heavy atom. The quantitative estimate of drug-likeness (QED) is 0.611. The van der Waals surface area contributed by atoms with E-state index in [2.05, 4.69) is 10.3 Å². The van der Waals surface area contributed by atoms with Crippen molar-refractivity contribution in [1.29, 1.82) is 0 Å². The van der Waals surface area contributed by atoms with E-state index in [1.165, 1.54) is 11.3 Å². The highest BCUT2D eigenvalue weighted by molar-refractivity contribution is 7.09. The van der Waals surface area contributed by atoms with Crippen LogP contribution in [0.4, 0.5) is 0 Å². The first-order valence-electron chi connectivity index (χ1n) is 9.63. The zero-order valence-corrected chi connectivity index (χ0v) is 17.1. The molecule has 0 aliphatic heterocycles. The number of rotatable bonds is 8. The monoisotopic (exact) mass is 395 g/mol. The van der Waals surface area contributed by atoms with Gasteiger partial charge in [0, 0.05) is 24.0 Å². The number of amides is 2. The van der Waals surface area contributed by atoms with E-state index >= 15 is 0 Å². The number of fused-ring (bicyclic) bond motifs is 1. The number of carbonyl (C=O) groups excluding carboxylic acids is 2. The van der Waals surface area contributed by atoms with Gasteiger partial charge in [-0.2, -0.15) is 0 Å². The molecule has 0 bridgehead atoms. The first-order chi connectivity index (χ1) is 13.6. The van der Waals surface area contributed by atoms with Crippen molar-refractivity contribution in [2.45, 2.75) is 33.2 Å². The number of carbonyl (C=O) groups is 2. The van der Waals surface area contributed by atoms with Crippen molar-refractivity contribution in [2.24, 2.45) is 0 Å². The number of hydrogen-bond acceptors (Lipinski definition) is 4. The van der Waals surface area contributed by atoms with Crippen molar-refractivity contribution in [1.82, 2.24) is 15.2 Å². The molecule has 0 unspecified atom stereocenters. The maximum Gasteiger partial charge on any atom is 0.270 e. The lowest BCUT2D eigenvalue weighted by molar-refractivity contribution is 0.0743. The van der Waals surface area contributed by atoms with Gasteiger partial charge in [0.15, 0.2) is 0 Å². The van der Waals surface area contributed by atoms with Gasteiger partial charge in [0.05, 0.1) is 6.54 Å². The van der Waals surface area contributed by atoms with Crippen molar-refractivity contribution in [2.75, 3.05) is 13.1 Å². The van der Waals surface area contributed by atoms with Gasteiger partial charge < -0.3 is 10.2 Å². The van der Waals surface area contributed by atoms with Gasteiger partial charge in [0.2, 0.25) is 0 Å². The summed E-state index contributed by atoms with van der Waals surface area (Å²) in [4.78, 5) is 31.4. The fourth-order valence-corrected chi connectivity index (χ4v) is 3.80. The molecule has 5 nitrogen and oxygen atoms in total. The standard InChI is InChI=1S/C22H25N3O2S/c1-3-11-23-21(26)19-15-28-20(24-19)14-25(12-4-2)22(27)18-10-9-16-7-5-6-8-17(16)13-18/h5-10,13,15H,3-4,11-12,14H2,1-2H3,(H,23,26). The maximum atomic E-state index is 13.1. The molecule has 0 saturated heterocycles. The maximum absolute atomic E-state index is 13.1. The minimum Gasteiger partial charge on any atom is -0.351 e. The first-order valence-corrected chi connectivity index (χ1v) is 10.5. The smallest absolute Gasteiger partial charge is 0.270 e. The van der Waals surface area contributed by atoms with Crippen LogP contribution in [0.5, 0.6) is 0 Å². The van der Waals surface area contributed by atoms with Crippen molar-refractivity contribution >= 4 is 33.9 Å². The zero-order chi connectivity index (χ0) is 19.9. The van der Waals surface area contributed by atoms with Crippen LogP contribution in [-0.4, -0.2) is 34.8 Å². The predicted octanol–water partition coefficient (Wildman–Crippen LogP) is 4.49. The second-order valence-corrected chi connectivity index (χ2v) is 7.61. The average molecular weight is 396 g/mol. The number of nitrogens with zero attached hydrogens (tertiary/aromatic N) is 2. The van der Waals surface area contributed by atoms with Gasteiger partial charge >= 0.3 is 0 Å². The van der Waals surface area contributed by atoms with Crippen LogP contribution in [0, 0.1) is 0 Å². The summed E-state index contributed by atoms with van der Waals surface area (Å²) in [7, 11) is 0. The molecule has 28 heavy (non-hydrogen) atoms. The highest BCUT2D eigenvalue weighted by Crippen LogP contribution is 2.19. The van der Waals surface area contributed by atoms with Crippen molar-refractivity contribution in [3.63, 3.8) is 0 Å². The normalized spacial score (nSPS) is 10.8. The predicted molar refractivity (Wildman–Crippen MR) is 114 cm³/mol. The van der Waals surface area contributed by atoms with Crippen molar-refractivity contribution in [3.05, 3.63) is 64.1 Å². The average Bonchev–Trinajstić information content (AvgIpc) is 3.19. The Hall–Kier alpha value is -2.73. The van der Waals surface area contributed by atoms with E-state index in [4.69, 9.17) is 0 Å². The topological polar surface area (TPSA) is 62.3 Å². The van der Waals surface area contributed by atoms with E-state index in [-0.39, 0.29) is 11.8 Å². The summed E-state index contributed by atoms with van der Waals surface area (Å²) in [6.45, 7) is 5.74. The lowest BCUT2D eigenvalue weighted by Gasteiger charge is -2.21. The Morgan fingerprint density at radius 2 is 1.86 bits per heavy atom. The Kier molecular flexibility index (Phi) is 6.76. The molecule has 1 N–H and O–H groups in total. The van der Waals surface area contributed by atoms with E-state index in [9.17, 15) is 9.59 Å². The number of hydrogen-bond donors (Lipinski definition) is 1. The molecule has 146 valence electrons. The Balaban J connectivity index is 1.76. The van der Waals surface area contributed by atoms with Crippen LogP contribution >= 0.6 is 11.3 Å². The summed E-state index contributed by atoms with van der Waals surface area (Å²) < 4.78 is 0. The summed E-state index contributed by atoms with van der Waals surface area (Å²) in [5.41, 5.74) is 1.09. The molecule has 1 heterocycles. The second-order valence-electron chi connectivity index (χ2n) is 6.67. The molecule has 3 rings (SSSR count). The second kappa shape index (κ2) is 9.46. The fourth-order valence-electron chi connectivity index (χ4n) is 3.01.